The predicted molar refractivity (Wildman–Crippen MR) is 153 cm³/mol. The van der Waals surface area contributed by atoms with Crippen LogP contribution in [0, 0.1) is 13.5 Å². The fraction of sp³-hybridized carbons (Fsp3) is 0. The Morgan fingerprint density at radius 1 is 0.419 bits per heavy atom. The van der Waals surface area contributed by atoms with Gasteiger partial charge in [-0.15, -0.1) is 0 Å². The molecule has 0 saturated carbocycles. The summed E-state index contributed by atoms with van der Waals surface area (Å²) in [4.78, 5) is 8.19. The Morgan fingerprint density at radius 2 is 0.674 bits per heavy atom. The molecule has 43 heavy (non-hydrogen) atoms. The summed E-state index contributed by atoms with van der Waals surface area (Å²) in [6.07, 6.45) is 4.75. The quantitative estimate of drug-likeness (QED) is 0.160. The van der Waals surface area contributed by atoms with Crippen LogP contribution in [0.25, 0.3) is 33.8 Å². The number of aromatic nitrogens is 3. The molecule has 0 bridgehead atoms. The van der Waals surface area contributed by atoms with E-state index in [0.29, 0.717) is 33.8 Å². The first-order valence-corrected chi connectivity index (χ1v) is 14.9. The van der Waals surface area contributed by atoms with Gasteiger partial charge in [-0.05, 0) is 54.6 Å². The summed E-state index contributed by atoms with van der Waals surface area (Å²) in [6.45, 7) is 0. The van der Waals surface area contributed by atoms with Crippen molar-refractivity contribution < 1.29 is 40.6 Å². The van der Waals surface area contributed by atoms with Crippen molar-refractivity contribution >= 4 is 48.2 Å². The van der Waals surface area contributed by atoms with Crippen molar-refractivity contribution in [1.29, 1.82) is 0 Å². The Labute approximate surface area is 258 Å². The SMILES string of the molecule is O=S(=O)=c1ccc([O-])c2[nH]cccc1-2.O=S(=O)=c1ccc([O-])c2[nH]cccc1-2.O=S(=O)=c1ccc([O-])c2[nH]cccc1-2.[Al+3]. The van der Waals surface area contributed by atoms with Crippen LogP contribution in [0.1, 0.15) is 0 Å². The van der Waals surface area contributed by atoms with E-state index >= 15 is 0 Å². The molecular formula is C27H18AlN3O9S3. The van der Waals surface area contributed by atoms with Crippen molar-refractivity contribution in [3.63, 3.8) is 0 Å². The number of aromatic amines is 3. The van der Waals surface area contributed by atoms with Crippen molar-refractivity contribution in [3.05, 3.63) is 105 Å². The molecule has 0 fully saturated rings. The fourth-order valence-corrected chi connectivity index (χ4v) is 5.53. The number of rotatable bonds is 0. The predicted octanol–water partition coefficient (Wildman–Crippen LogP) is 1.43. The average Bonchev–Trinajstić information content (AvgIpc) is 2.98. The van der Waals surface area contributed by atoms with Crippen molar-refractivity contribution in [1.82, 2.24) is 15.0 Å². The van der Waals surface area contributed by atoms with Gasteiger partial charge < -0.3 is 30.3 Å². The van der Waals surface area contributed by atoms with E-state index in [-0.39, 0.29) is 48.1 Å². The van der Waals surface area contributed by atoms with Gasteiger partial charge in [-0.1, -0.05) is 35.4 Å². The maximum absolute atomic E-state index is 11.3. The molecule has 6 rings (SSSR count). The standard InChI is InChI=1S/3C9H7NO3S.Al/c3*11-7-3-4-8(14(12)13)6-2-1-5-10-9(6)7;/h3*1-5,10-11H;/q;;;+3/p-3. The van der Waals surface area contributed by atoms with E-state index in [0.717, 1.165) is 0 Å². The van der Waals surface area contributed by atoms with Gasteiger partial charge in [0.05, 0.1) is 0 Å². The van der Waals surface area contributed by atoms with Gasteiger partial charge in [0.25, 0.3) is 0 Å². The number of H-pyrrole nitrogens is 3. The first-order valence-electron chi connectivity index (χ1n) is 11.7. The third-order valence-corrected chi connectivity index (χ3v) is 7.95. The monoisotopic (exact) mass is 651 g/mol. The molecule has 0 radical (unpaired) electrons. The smallest absolute Gasteiger partial charge is 0.871 e. The molecule has 6 aliphatic rings. The zero-order valence-electron chi connectivity index (χ0n) is 21.6. The summed E-state index contributed by atoms with van der Waals surface area (Å²) in [7, 11) is -6.96. The normalized spacial score (nSPS) is 10.0. The Kier molecular flexibility index (Phi) is 11.0. The molecule has 3 aliphatic heterocycles. The van der Waals surface area contributed by atoms with Gasteiger partial charge in [0.15, 0.2) is 0 Å². The molecule has 0 amide bonds. The van der Waals surface area contributed by atoms with Crippen LogP contribution in [-0.4, -0.2) is 57.6 Å². The molecule has 0 aromatic heterocycles. The molecule has 216 valence electrons. The van der Waals surface area contributed by atoms with Crippen molar-refractivity contribution in [2.45, 2.75) is 0 Å². The van der Waals surface area contributed by atoms with E-state index in [1.165, 1.54) is 36.4 Å². The van der Waals surface area contributed by atoms with E-state index in [4.69, 9.17) is 0 Å². The summed E-state index contributed by atoms with van der Waals surface area (Å²) < 4.78 is 65.3. The summed E-state index contributed by atoms with van der Waals surface area (Å²) in [6, 6.07) is 17.4. The largest absolute Gasteiger partial charge is 3.00 e. The molecule has 0 aromatic carbocycles. The zero-order chi connectivity index (χ0) is 30.4. The zero-order valence-corrected chi connectivity index (χ0v) is 25.2. The van der Waals surface area contributed by atoms with Gasteiger partial charge in [0.2, 0.25) is 30.9 Å². The number of nitrogens with one attached hydrogen (secondary N) is 3. The fourth-order valence-electron chi connectivity index (χ4n) is 3.95. The van der Waals surface area contributed by atoms with Crippen LogP contribution in [0.15, 0.2) is 91.4 Å². The van der Waals surface area contributed by atoms with Crippen molar-refractivity contribution in [2.75, 3.05) is 0 Å². The van der Waals surface area contributed by atoms with Crippen LogP contribution in [0.3, 0.4) is 0 Å². The number of hydrogen-bond donors (Lipinski definition) is 3. The van der Waals surface area contributed by atoms with E-state index in [2.05, 4.69) is 15.0 Å². The molecule has 16 heteroatoms. The van der Waals surface area contributed by atoms with Gasteiger partial charge in [0, 0.05) is 52.4 Å². The number of benzene rings is 3. The number of hydrogen-bond acceptors (Lipinski definition) is 9. The Balaban J connectivity index is 0.000000175. The Bertz CT molecular complexity index is 2090. The number of fused-ring (bicyclic) bond motifs is 3. The molecule has 3 aliphatic carbocycles. The van der Waals surface area contributed by atoms with Gasteiger partial charge in [-0.25, -0.2) is 0 Å². The summed E-state index contributed by atoms with van der Waals surface area (Å²) >= 11 is 0. The first-order chi connectivity index (χ1) is 20.1. The molecule has 0 atom stereocenters. The van der Waals surface area contributed by atoms with Crippen LogP contribution >= 0.6 is 0 Å². The minimum absolute atomic E-state index is 0. The maximum atomic E-state index is 11.3. The van der Waals surface area contributed by atoms with E-state index in [1.807, 2.05) is 0 Å². The minimum Gasteiger partial charge on any atom is -0.871 e. The van der Waals surface area contributed by atoms with E-state index in [1.54, 1.807) is 55.0 Å². The first kappa shape index (κ1) is 32.8. The van der Waals surface area contributed by atoms with Crippen LogP contribution < -0.4 is 15.3 Å². The van der Waals surface area contributed by atoms with Gasteiger partial charge in [0.1, 0.15) is 13.5 Å². The third-order valence-electron chi connectivity index (χ3n) is 5.80. The Hall–Kier alpha value is -4.72. The molecule has 0 saturated heterocycles. The van der Waals surface area contributed by atoms with Crippen LogP contribution in [0.2, 0.25) is 0 Å². The molecule has 3 N–H and O–H groups in total. The van der Waals surface area contributed by atoms with Crippen LogP contribution in [0.5, 0.6) is 17.2 Å². The van der Waals surface area contributed by atoms with E-state index < -0.39 is 30.9 Å². The molecule has 0 unspecified atom stereocenters. The van der Waals surface area contributed by atoms with Crippen molar-refractivity contribution in [3.8, 4) is 51.0 Å². The molecular weight excluding hydrogens is 633 g/mol. The summed E-state index contributed by atoms with van der Waals surface area (Å²) in [5.74, 6) is -0.639. The second kappa shape index (κ2) is 14.4. The van der Waals surface area contributed by atoms with Crippen LogP contribution in [0.4, 0.5) is 0 Å². The maximum Gasteiger partial charge on any atom is 3.00 e. The molecule has 12 nitrogen and oxygen atoms in total. The minimum atomic E-state index is -2.32. The number of pyridine rings is 3. The summed E-state index contributed by atoms with van der Waals surface area (Å²) in [5.41, 5.74) is 2.22. The Morgan fingerprint density at radius 3 is 0.907 bits per heavy atom. The van der Waals surface area contributed by atoms with Crippen molar-refractivity contribution in [2.24, 2.45) is 0 Å². The molecule has 0 aromatic rings. The summed E-state index contributed by atoms with van der Waals surface area (Å²) in [5, 5.41) is 34.0. The second-order valence-electron chi connectivity index (χ2n) is 8.27. The van der Waals surface area contributed by atoms with Gasteiger partial charge in [-0.2, -0.15) is 25.3 Å². The average molecular weight is 652 g/mol. The van der Waals surface area contributed by atoms with E-state index in [9.17, 15) is 40.6 Å². The molecule has 3 heterocycles. The van der Waals surface area contributed by atoms with Gasteiger partial charge in [-0.3, -0.25) is 0 Å². The van der Waals surface area contributed by atoms with Gasteiger partial charge >= 0.3 is 17.4 Å². The van der Waals surface area contributed by atoms with Crippen LogP contribution in [-0.2, 0) is 30.9 Å². The third kappa shape index (κ3) is 7.38. The topological polar surface area (TPSA) is 219 Å². The molecule has 0 spiro atoms. The second-order valence-corrected chi connectivity index (χ2v) is 11.0.